The summed E-state index contributed by atoms with van der Waals surface area (Å²) in [7, 11) is 2.39. The van der Waals surface area contributed by atoms with Gasteiger partial charge in [-0.1, -0.05) is 0 Å². The van der Waals surface area contributed by atoms with Crippen LogP contribution in [0.2, 0.25) is 0 Å². The second kappa shape index (κ2) is 6.60. The van der Waals surface area contributed by atoms with Crippen LogP contribution < -0.4 is 0 Å². The van der Waals surface area contributed by atoms with Crippen LogP contribution in [0.5, 0.6) is 0 Å². The van der Waals surface area contributed by atoms with E-state index in [0.29, 0.717) is 5.56 Å². The van der Waals surface area contributed by atoms with Gasteiger partial charge in [0.1, 0.15) is 11.6 Å². The molecule has 7 heteroatoms. The fraction of sp³-hybridized carbons (Fsp3) is 0.250. The van der Waals surface area contributed by atoms with Gasteiger partial charge in [-0.25, -0.2) is 13.6 Å². The molecule has 0 unspecified atom stereocenters. The number of benzene rings is 1. The van der Waals surface area contributed by atoms with E-state index < -0.39 is 29.6 Å². The Hall–Kier alpha value is -2.70. The van der Waals surface area contributed by atoms with E-state index in [-0.39, 0.29) is 11.3 Å². The molecule has 0 aliphatic heterocycles. The monoisotopic (exact) mass is 323 g/mol. The maximum Gasteiger partial charge on any atom is 0.333 e. The molecule has 1 aromatic heterocycles. The lowest BCUT2D eigenvalue weighted by Gasteiger charge is -2.26. The second-order valence-corrected chi connectivity index (χ2v) is 4.94. The zero-order chi connectivity index (χ0) is 17.1. The van der Waals surface area contributed by atoms with Crippen LogP contribution in [0, 0.1) is 18.6 Å². The Kier molecular flexibility index (Phi) is 4.78. The minimum atomic E-state index is -1.44. The van der Waals surface area contributed by atoms with E-state index in [1.54, 1.807) is 13.0 Å². The van der Waals surface area contributed by atoms with Crippen molar-refractivity contribution in [1.82, 2.24) is 4.90 Å². The maximum atomic E-state index is 14.0. The van der Waals surface area contributed by atoms with E-state index in [1.807, 2.05) is 0 Å². The maximum absolute atomic E-state index is 14.0. The third-order valence-corrected chi connectivity index (χ3v) is 3.44. The SMILES string of the molecule is COC(=O)[C@@H](c1cc(F)ccc1F)N(C)C(=O)c1occc1C. The van der Waals surface area contributed by atoms with Crippen molar-refractivity contribution in [2.24, 2.45) is 0 Å². The van der Waals surface area contributed by atoms with Gasteiger partial charge in [0.15, 0.2) is 11.8 Å². The number of carbonyl (C=O) groups is 2. The Bertz CT molecular complexity index is 741. The molecular weight excluding hydrogens is 308 g/mol. The number of esters is 1. The first-order valence-corrected chi connectivity index (χ1v) is 6.70. The van der Waals surface area contributed by atoms with Crippen molar-refractivity contribution in [3.8, 4) is 0 Å². The zero-order valence-electron chi connectivity index (χ0n) is 12.8. The topological polar surface area (TPSA) is 59.8 Å². The fourth-order valence-electron chi connectivity index (χ4n) is 2.20. The van der Waals surface area contributed by atoms with Crippen molar-refractivity contribution in [3.05, 3.63) is 59.1 Å². The fourth-order valence-corrected chi connectivity index (χ4v) is 2.20. The van der Waals surface area contributed by atoms with Crippen LogP contribution >= 0.6 is 0 Å². The van der Waals surface area contributed by atoms with Crippen molar-refractivity contribution < 1.29 is 27.5 Å². The molecule has 0 fully saturated rings. The Morgan fingerprint density at radius 2 is 1.96 bits per heavy atom. The van der Waals surface area contributed by atoms with Crippen LogP contribution in [0.15, 0.2) is 34.9 Å². The van der Waals surface area contributed by atoms with Gasteiger partial charge in [-0.2, -0.15) is 0 Å². The molecule has 0 bridgehead atoms. The Morgan fingerprint density at radius 1 is 1.26 bits per heavy atom. The van der Waals surface area contributed by atoms with E-state index in [9.17, 15) is 18.4 Å². The summed E-state index contributed by atoms with van der Waals surface area (Å²) in [5, 5.41) is 0. The molecular formula is C16H15F2NO4. The van der Waals surface area contributed by atoms with Gasteiger partial charge >= 0.3 is 5.97 Å². The number of halogens is 2. The van der Waals surface area contributed by atoms with Gasteiger partial charge in [0.05, 0.1) is 13.4 Å². The summed E-state index contributed by atoms with van der Waals surface area (Å²) >= 11 is 0. The number of aryl methyl sites for hydroxylation is 1. The first kappa shape index (κ1) is 16.7. The van der Waals surface area contributed by atoms with Crippen molar-refractivity contribution in [1.29, 1.82) is 0 Å². The van der Waals surface area contributed by atoms with Crippen molar-refractivity contribution >= 4 is 11.9 Å². The standard InChI is InChI=1S/C16H15F2NO4/c1-9-6-7-23-14(9)15(20)19(2)13(16(21)22-3)11-8-10(17)4-5-12(11)18/h4-8,13H,1-3H3/t13-/m1/s1. The highest BCUT2D eigenvalue weighted by molar-refractivity contribution is 5.95. The third kappa shape index (κ3) is 3.23. The van der Waals surface area contributed by atoms with Crippen molar-refractivity contribution in [3.63, 3.8) is 0 Å². The average molecular weight is 323 g/mol. The summed E-state index contributed by atoms with van der Waals surface area (Å²) < 4.78 is 37.2. The van der Waals surface area contributed by atoms with E-state index in [0.717, 1.165) is 30.2 Å². The highest BCUT2D eigenvalue weighted by Crippen LogP contribution is 2.27. The number of hydrogen-bond donors (Lipinski definition) is 0. The molecule has 0 saturated carbocycles. The van der Waals surface area contributed by atoms with Gasteiger partial charge < -0.3 is 14.1 Å². The van der Waals surface area contributed by atoms with E-state index in [4.69, 9.17) is 4.42 Å². The normalized spacial score (nSPS) is 11.9. The number of nitrogens with zero attached hydrogens (tertiary/aromatic N) is 1. The predicted molar refractivity (Wildman–Crippen MR) is 76.7 cm³/mol. The molecule has 1 amide bonds. The van der Waals surface area contributed by atoms with Gasteiger partial charge in [0, 0.05) is 18.2 Å². The van der Waals surface area contributed by atoms with Crippen LogP contribution in [-0.4, -0.2) is 30.9 Å². The van der Waals surface area contributed by atoms with Crippen LogP contribution in [0.3, 0.4) is 0 Å². The first-order chi connectivity index (χ1) is 10.9. The lowest BCUT2D eigenvalue weighted by atomic mass is 10.0. The largest absolute Gasteiger partial charge is 0.467 e. The number of amides is 1. The Labute approximate surface area is 131 Å². The Morgan fingerprint density at radius 3 is 2.52 bits per heavy atom. The van der Waals surface area contributed by atoms with E-state index in [2.05, 4.69) is 4.74 Å². The highest BCUT2D eigenvalue weighted by atomic mass is 19.1. The van der Waals surface area contributed by atoms with Gasteiger partial charge in [0.2, 0.25) is 0 Å². The Balaban J connectivity index is 2.47. The molecule has 1 atom stereocenters. The van der Waals surface area contributed by atoms with Crippen LogP contribution in [0.25, 0.3) is 0 Å². The van der Waals surface area contributed by atoms with Gasteiger partial charge in [-0.05, 0) is 31.2 Å². The molecule has 0 aliphatic carbocycles. The molecule has 0 spiro atoms. The molecule has 23 heavy (non-hydrogen) atoms. The molecule has 1 heterocycles. The van der Waals surface area contributed by atoms with Crippen LogP contribution in [0.4, 0.5) is 8.78 Å². The summed E-state index contributed by atoms with van der Waals surface area (Å²) in [6.45, 7) is 1.65. The summed E-state index contributed by atoms with van der Waals surface area (Å²) in [4.78, 5) is 25.5. The summed E-state index contributed by atoms with van der Waals surface area (Å²) in [5.41, 5.74) is 0.266. The molecule has 5 nitrogen and oxygen atoms in total. The third-order valence-electron chi connectivity index (χ3n) is 3.44. The lowest BCUT2D eigenvalue weighted by Crippen LogP contribution is -2.37. The average Bonchev–Trinajstić information content (AvgIpc) is 2.95. The minimum Gasteiger partial charge on any atom is -0.467 e. The molecule has 2 rings (SSSR count). The van der Waals surface area contributed by atoms with Crippen LogP contribution in [-0.2, 0) is 9.53 Å². The summed E-state index contributed by atoms with van der Waals surface area (Å²) in [6, 6.07) is 2.81. The zero-order valence-corrected chi connectivity index (χ0v) is 12.8. The molecule has 0 radical (unpaired) electrons. The first-order valence-electron chi connectivity index (χ1n) is 6.70. The van der Waals surface area contributed by atoms with Crippen molar-refractivity contribution in [2.45, 2.75) is 13.0 Å². The number of furan rings is 1. The van der Waals surface area contributed by atoms with Gasteiger partial charge in [-0.3, -0.25) is 4.79 Å². The summed E-state index contributed by atoms with van der Waals surface area (Å²) in [5.74, 6) is -3.08. The molecule has 2 aromatic rings. The number of carbonyl (C=O) groups excluding carboxylic acids is 2. The molecule has 0 N–H and O–H groups in total. The summed E-state index contributed by atoms with van der Waals surface area (Å²) in [6.07, 6.45) is 1.33. The van der Waals surface area contributed by atoms with E-state index >= 15 is 0 Å². The van der Waals surface area contributed by atoms with Crippen molar-refractivity contribution in [2.75, 3.05) is 14.2 Å². The van der Waals surface area contributed by atoms with Gasteiger partial charge in [-0.15, -0.1) is 0 Å². The van der Waals surface area contributed by atoms with E-state index in [1.165, 1.54) is 13.3 Å². The number of likely N-dealkylation sites (N-methyl/N-ethyl adjacent to an activating group) is 1. The minimum absolute atomic E-state index is 0.0122. The quantitative estimate of drug-likeness (QED) is 0.812. The molecule has 0 aliphatic rings. The number of hydrogen-bond acceptors (Lipinski definition) is 4. The molecule has 122 valence electrons. The number of ether oxygens (including phenoxy) is 1. The predicted octanol–water partition coefficient (Wildman–Crippen LogP) is 2.85. The van der Waals surface area contributed by atoms with Crippen LogP contribution in [0.1, 0.15) is 27.7 Å². The number of rotatable bonds is 4. The smallest absolute Gasteiger partial charge is 0.333 e. The molecule has 1 aromatic carbocycles. The van der Waals surface area contributed by atoms with Gasteiger partial charge in [0.25, 0.3) is 5.91 Å². The molecule has 0 saturated heterocycles. The lowest BCUT2D eigenvalue weighted by molar-refractivity contribution is -0.146. The number of methoxy groups -OCH3 is 1. The highest BCUT2D eigenvalue weighted by Gasteiger charge is 2.34. The second-order valence-electron chi connectivity index (χ2n) is 4.94.